The highest BCUT2D eigenvalue weighted by Gasteiger charge is 2.09. The lowest BCUT2D eigenvalue weighted by Gasteiger charge is -2.02. The summed E-state index contributed by atoms with van der Waals surface area (Å²) < 4.78 is 3.65. The van der Waals surface area contributed by atoms with Gasteiger partial charge in [0.25, 0.3) is 5.56 Å². The zero-order chi connectivity index (χ0) is 11.5. The number of rotatable bonds is 2. The van der Waals surface area contributed by atoms with Crippen molar-refractivity contribution in [1.29, 1.82) is 5.26 Å². The second-order valence-corrected chi connectivity index (χ2v) is 5.04. The van der Waals surface area contributed by atoms with Gasteiger partial charge in [-0.2, -0.15) is 5.26 Å². The molecule has 0 radical (unpaired) electrons. The molecule has 0 unspecified atom stereocenters. The number of aromatic nitrogens is 1. The van der Waals surface area contributed by atoms with E-state index in [0.717, 1.165) is 20.8 Å². The van der Waals surface area contributed by atoms with E-state index in [-0.39, 0.29) is 11.1 Å². The summed E-state index contributed by atoms with van der Waals surface area (Å²) >= 11 is 3.34. The van der Waals surface area contributed by atoms with Gasteiger partial charge in [-0.1, -0.05) is 0 Å². The van der Waals surface area contributed by atoms with E-state index >= 15 is 0 Å². The molecule has 2 rings (SSSR count). The number of nitriles is 1. The van der Waals surface area contributed by atoms with Crippen molar-refractivity contribution in [2.45, 2.75) is 0 Å². The number of benzene rings is 1. The average Bonchev–Trinajstić information content (AvgIpc) is 2.63. The van der Waals surface area contributed by atoms with E-state index < -0.39 is 0 Å². The van der Waals surface area contributed by atoms with Gasteiger partial charge in [0.2, 0.25) is 0 Å². The number of aromatic amines is 1. The van der Waals surface area contributed by atoms with Gasteiger partial charge in [-0.15, -0.1) is 0 Å². The van der Waals surface area contributed by atoms with Gasteiger partial charge in [0, 0.05) is 9.26 Å². The summed E-state index contributed by atoms with van der Waals surface area (Å²) in [6.45, 7) is 0. The largest absolute Gasteiger partial charge is 0.345 e. The van der Waals surface area contributed by atoms with E-state index in [9.17, 15) is 4.79 Å². The summed E-state index contributed by atoms with van der Waals surface area (Å²) in [5.74, 6) is 0. The molecule has 1 aromatic carbocycles. The van der Waals surface area contributed by atoms with Crippen molar-refractivity contribution in [2.75, 3.05) is 5.32 Å². The first kappa shape index (κ1) is 11.2. The van der Waals surface area contributed by atoms with Crippen molar-refractivity contribution in [2.24, 2.45) is 0 Å². The zero-order valence-electron chi connectivity index (χ0n) is 7.95. The third-order valence-corrected chi connectivity index (χ3v) is 3.43. The molecule has 0 bridgehead atoms. The zero-order valence-corrected chi connectivity index (χ0v) is 10.9. The number of H-pyrrole nitrogens is 1. The molecule has 1 aromatic heterocycles. The third-order valence-electron chi connectivity index (χ3n) is 1.91. The molecule has 80 valence electrons. The fraction of sp³-hybridized carbons (Fsp3) is 0. The Morgan fingerprint density at radius 2 is 2.06 bits per heavy atom. The lowest BCUT2D eigenvalue weighted by atomic mass is 10.3. The predicted octanol–water partition coefficient (Wildman–Crippen LogP) is 2.66. The quantitative estimate of drug-likeness (QED) is 0.824. The normalized spacial score (nSPS) is 9.75. The average molecular weight is 343 g/mol. The van der Waals surface area contributed by atoms with Crippen LogP contribution in [0.25, 0.3) is 0 Å². The molecule has 0 aliphatic heterocycles. The molecule has 0 spiro atoms. The molecule has 16 heavy (non-hydrogen) atoms. The first-order chi connectivity index (χ1) is 7.70. The van der Waals surface area contributed by atoms with Crippen molar-refractivity contribution in [3.63, 3.8) is 0 Å². The molecule has 6 heteroatoms. The molecular weight excluding hydrogens is 337 g/mol. The molecule has 0 saturated carbocycles. The summed E-state index contributed by atoms with van der Waals surface area (Å²) in [7, 11) is 0. The number of halogens is 1. The predicted molar refractivity (Wildman–Crippen MR) is 72.1 cm³/mol. The fourth-order valence-electron chi connectivity index (χ4n) is 1.16. The molecule has 0 aliphatic carbocycles. The topological polar surface area (TPSA) is 68.7 Å². The number of hydrogen-bond donors (Lipinski definition) is 2. The molecule has 0 aliphatic rings. The molecule has 0 atom stereocenters. The lowest BCUT2D eigenvalue weighted by molar-refractivity contribution is 1.38. The first-order valence-electron chi connectivity index (χ1n) is 4.35. The minimum atomic E-state index is -0.347. The van der Waals surface area contributed by atoms with Crippen molar-refractivity contribution < 1.29 is 0 Å². The maximum absolute atomic E-state index is 11.2. The fourth-order valence-corrected chi connectivity index (χ4v) is 2.22. The van der Waals surface area contributed by atoms with Gasteiger partial charge in [-0.3, -0.25) is 9.17 Å². The van der Waals surface area contributed by atoms with E-state index in [1.54, 1.807) is 0 Å². The number of nitrogens with one attached hydrogen (secondary N) is 2. The molecular formula is C10H6IN3OS. The third kappa shape index (κ3) is 2.25. The highest BCUT2D eigenvalue weighted by Crippen LogP contribution is 2.22. The van der Waals surface area contributed by atoms with Crippen LogP contribution in [0.2, 0.25) is 0 Å². The van der Waals surface area contributed by atoms with Gasteiger partial charge in [0.1, 0.15) is 11.1 Å². The Morgan fingerprint density at radius 1 is 1.38 bits per heavy atom. The minimum Gasteiger partial charge on any atom is -0.345 e. The molecule has 0 amide bonds. The maximum Gasteiger partial charge on any atom is 0.278 e. The van der Waals surface area contributed by atoms with Crippen LogP contribution in [0.5, 0.6) is 0 Å². The summed E-state index contributed by atoms with van der Waals surface area (Å²) in [6.07, 6.45) is 0. The van der Waals surface area contributed by atoms with E-state index in [2.05, 4.69) is 32.3 Å². The van der Waals surface area contributed by atoms with Crippen molar-refractivity contribution in [3.05, 3.63) is 43.8 Å². The van der Waals surface area contributed by atoms with E-state index in [4.69, 9.17) is 5.26 Å². The minimum absolute atomic E-state index is 0.128. The van der Waals surface area contributed by atoms with Crippen molar-refractivity contribution in [1.82, 2.24) is 4.37 Å². The van der Waals surface area contributed by atoms with Crippen molar-refractivity contribution in [3.8, 4) is 6.07 Å². The van der Waals surface area contributed by atoms with Gasteiger partial charge >= 0.3 is 0 Å². The van der Waals surface area contributed by atoms with Gasteiger partial charge in [0.05, 0.1) is 0 Å². The first-order valence-corrected chi connectivity index (χ1v) is 6.24. The van der Waals surface area contributed by atoms with Gasteiger partial charge in [-0.05, 0) is 58.4 Å². The summed E-state index contributed by atoms with van der Waals surface area (Å²) in [6, 6.07) is 9.57. The maximum atomic E-state index is 11.2. The Hall–Kier alpha value is -1.33. The number of nitrogens with zero attached hydrogens (tertiary/aromatic N) is 1. The number of anilines is 2. The standard InChI is InChI=1S/C10H6IN3OS/c11-6-1-3-7(4-2-6)13-10-8(5-12)9(15)14-16-10/h1-4,13H,(H,14,15). The van der Waals surface area contributed by atoms with Crippen LogP contribution in [0.15, 0.2) is 29.1 Å². The Balaban J connectivity index is 2.31. The van der Waals surface area contributed by atoms with Crippen LogP contribution in [0.4, 0.5) is 10.7 Å². The van der Waals surface area contributed by atoms with Crippen LogP contribution in [0.1, 0.15) is 5.56 Å². The second-order valence-electron chi connectivity index (χ2n) is 2.98. The van der Waals surface area contributed by atoms with Gasteiger partial charge in [-0.25, -0.2) is 0 Å². The molecule has 2 N–H and O–H groups in total. The van der Waals surface area contributed by atoms with E-state index in [0.29, 0.717) is 5.00 Å². The van der Waals surface area contributed by atoms with Crippen LogP contribution in [-0.2, 0) is 0 Å². The number of hydrogen-bond acceptors (Lipinski definition) is 4. The monoisotopic (exact) mass is 343 g/mol. The second kappa shape index (κ2) is 4.67. The Labute approximate surface area is 109 Å². The summed E-state index contributed by atoms with van der Waals surface area (Å²) in [5.41, 5.74) is 0.635. The van der Waals surface area contributed by atoms with E-state index in [1.807, 2.05) is 30.3 Å². The van der Waals surface area contributed by atoms with Crippen LogP contribution >= 0.6 is 34.1 Å². The molecule has 0 saturated heterocycles. The Morgan fingerprint density at radius 3 is 2.69 bits per heavy atom. The highest BCUT2D eigenvalue weighted by molar-refractivity contribution is 14.1. The highest BCUT2D eigenvalue weighted by atomic mass is 127. The molecule has 0 fully saturated rings. The Bertz CT molecular complexity index is 594. The smallest absolute Gasteiger partial charge is 0.278 e. The van der Waals surface area contributed by atoms with Crippen LogP contribution in [-0.4, -0.2) is 4.37 Å². The molecule has 2 aromatic rings. The van der Waals surface area contributed by atoms with E-state index in [1.165, 1.54) is 0 Å². The summed E-state index contributed by atoms with van der Waals surface area (Å²) in [4.78, 5) is 11.2. The summed E-state index contributed by atoms with van der Waals surface area (Å²) in [5, 5.41) is 12.4. The van der Waals surface area contributed by atoms with Gasteiger partial charge < -0.3 is 5.32 Å². The van der Waals surface area contributed by atoms with Crippen LogP contribution in [0, 0.1) is 14.9 Å². The van der Waals surface area contributed by atoms with Crippen LogP contribution < -0.4 is 10.9 Å². The van der Waals surface area contributed by atoms with Gasteiger partial charge in [0.15, 0.2) is 5.56 Å². The Kier molecular flexibility index (Phi) is 3.26. The molecule has 4 nitrogen and oxygen atoms in total. The van der Waals surface area contributed by atoms with Crippen molar-refractivity contribution >= 4 is 44.8 Å². The SMILES string of the molecule is N#Cc1c(Nc2ccc(I)cc2)s[nH]c1=O. The molecule has 1 heterocycles. The lowest BCUT2D eigenvalue weighted by Crippen LogP contribution is -2.02. The van der Waals surface area contributed by atoms with Crippen LogP contribution in [0.3, 0.4) is 0 Å².